The minimum Gasteiger partial charge on any atom is -0.339 e. The van der Waals surface area contributed by atoms with E-state index in [1.54, 1.807) is 4.90 Å². The zero-order valence-corrected chi connectivity index (χ0v) is 16.6. The SMILES string of the molecule is C=CC(=O)N1CCC(C(=O)N2CCN(C(=O)Cc3ccc(C)cc3)CC2)CC1. The van der Waals surface area contributed by atoms with Crippen molar-refractivity contribution < 1.29 is 14.4 Å². The lowest BCUT2D eigenvalue weighted by Crippen LogP contribution is -2.53. The molecular formula is C22H29N3O3. The maximum absolute atomic E-state index is 12.8. The molecule has 0 aromatic heterocycles. The molecule has 1 aromatic carbocycles. The van der Waals surface area contributed by atoms with Crippen molar-refractivity contribution in [1.29, 1.82) is 0 Å². The van der Waals surface area contributed by atoms with E-state index in [-0.39, 0.29) is 23.6 Å². The van der Waals surface area contributed by atoms with E-state index < -0.39 is 0 Å². The lowest BCUT2D eigenvalue weighted by atomic mass is 9.95. The zero-order valence-electron chi connectivity index (χ0n) is 16.6. The Hall–Kier alpha value is -2.63. The second kappa shape index (κ2) is 9.04. The number of likely N-dealkylation sites (tertiary alicyclic amines) is 1. The van der Waals surface area contributed by atoms with Crippen LogP contribution in [0, 0.1) is 12.8 Å². The highest BCUT2D eigenvalue weighted by Crippen LogP contribution is 2.21. The number of carbonyl (C=O) groups excluding carboxylic acids is 3. The molecule has 0 saturated carbocycles. The summed E-state index contributed by atoms with van der Waals surface area (Å²) in [6.45, 7) is 9.11. The van der Waals surface area contributed by atoms with Gasteiger partial charge < -0.3 is 14.7 Å². The molecule has 2 saturated heterocycles. The number of rotatable bonds is 4. The van der Waals surface area contributed by atoms with Gasteiger partial charge in [0.15, 0.2) is 0 Å². The fourth-order valence-corrected chi connectivity index (χ4v) is 3.90. The molecule has 0 atom stereocenters. The molecule has 2 aliphatic rings. The van der Waals surface area contributed by atoms with Crippen LogP contribution in [0.2, 0.25) is 0 Å². The summed E-state index contributed by atoms with van der Waals surface area (Å²) in [5.41, 5.74) is 2.21. The summed E-state index contributed by atoms with van der Waals surface area (Å²) in [6, 6.07) is 8.03. The third-order valence-electron chi connectivity index (χ3n) is 5.75. The minimum atomic E-state index is -0.0633. The van der Waals surface area contributed by atoms with Gasteiger partial charge in [0.25, 0.3) is 0 Å². The highest BCUT2D eigenvalue weighted by Gasteiger charge is 2.31. The van der Waals surface area contributed by atoms with E-state index in [2.05, 4.69) is 6.58 Å². The second-order valence-corrected chi connectivity index (χ2v) is 7.67. The molecule has 2 aliphatic heterocycles. The summed E-state index contributed by atoms with van der Waals surface area (Å²) in [7, 11) is 0. The van der Waals surface area contributed by atoms with Gasteiger partial charge in [0.1, 0.15) is 0 Å². The smallest absolute Gasteiger partial charge is 0.245 e. The molecule has 6 nitrogen and oxygen atoms in total. The van der Waals surface area contributed by atoms with E-state index in [4.69, 9.17) is 0 Å². The number of hydrogen-bond donors (Lipinski definition) is 0. The number of nitrogens with zero attached hydrogens (tertiary/aromatic N) is 3. The van der Waals surface area contributed by atoms with E-state index in [9.17, 15) is 14.4 Å². The first kappa shape index (κ1) is 20.1. The van der Waals surface area contributed by atoms with Crippen molar-refractivity contribution in [3.63, 3.8) is 0 Å². The Morgan fingerprint density at radius 1 is 0.929 bits per heavy atom. The topological polar surface area (TPSA) is 60.9 Å². The normalized spacial score (nSPS) is 18.1. The van der Waals surface area contributed by atoms with Gasteiger partial charge in [0, 0.05) is 45.2 Å². The molecule has 0 aliphatic carbocycles. The monoisotopic (exact) mass is 383 g/mol. The molecule has 6 heteroatoms. The minimum absolute atomic E-state index is 0.0244. The summed E-state index contributed by atoms with van der Waals surface area (Å²) in [5, 5.41) is 0. The van der Waals surface area contributed by atoms with Crippen molar-refractivity contribution in [2.75, 3.05) is 39.3 Å². The Morgan fingerprint density at radius 3 is 2.07 bits per heavy atom. The molecule has 3 amide bonds. The Labute approximate surface area is 166 Å². The van der Waals surface area contributed by atoms with Crippen molar-refractivity contribution >= 4 is 17.7 Å². The van der Waals surface area contributed by atoms with Crippen LogP contribution in [0.15, 0.2) is 36.9 Å². The van der Waals surface area contributed by atoms with Crippen LogP contribution in [0.3, 0.4) is 0 Å². The van der Waals surface area contributed by atoms with Gasteiger partial charge in [0.2, 0.25) is 17.7 Å². The fraction of sp³-hybridized carbons (Fsp3) is 0.500. The van der Waals surface area contributed by atoms with Gasteiger partial charge in [-0.25, -0.2) is 0 Å². The summed E-state index contributed by atoms with van der Waals surface area (Å²) in [5.74, 6) is 0.193. The van der Waals surface area contributed by atoms with E-state index in [0.717, 1.165) is 5.56 Å². The molecule has 0 unspecified atom stereocenters. The maximum atomic E-state index is 12.8. The van der Waals surface area contributed by atoms with E-state index >= 15 is 0 Å². The Bertz CT molecular complexity index is 728. The van der Waals surface area contributed by atoms with Gasteiger partial charge in [-0.15, -0.1) is 0 Å². The highest BCUT2D eigenvalue weighted by atomic mass is 16.2. The number of benzene rings is 1. The summed E-state index contributed by atoms with van der Waals surface area (Å²) < 4.78 is 0. The second-order valence-electron chi connectivity index (χ2n) is 7.67. The van der Waals surface area contributed by atoms with Gasteiger partial charge in [-0.1, -0.05) is 36.4 Å². The maximum Gasteiger partial charge on any atom is 0.245 e. The fourth-order valence-electron chi connectivity index (χ4n) is 3.90. The van der Waals surface area contributed by atoms with E-state index in [1.165, 1.54) is 11.6 Å². The van der Waals surface area contributed by atoms with Crippen LogP contribution in [-0.4, -0.2) is 71.7 Å². The lowest BCUT2D eigenvalue weighted by molar-refractivity contribution is -0.143. The largest absolute Gasteiger partial charge is 0.339 e. The molecule has 2 heterocycles. The molecule has 0 spiro atoms. The average molecular weight is 383 g/mol. The van der Waals surface area contributed by atoms with Crippen molar-refractivity contribution in [3.05, 3.63) is 48.0 Å². The first-order chi connectivity index (χ1) is 13.5. The van der Waals surface area contributed by atoms with Gasteiger partial charge >= 0.3 is 0 Å². The molecule has 0 N–H and O–H groups in total. The number of hydrogen-bond acceptors (Lipinski definition) is 3. The third kappa shape index (κ3) is 4.80. The van der Waals surface area contributed by atoms with Crippen molar-refractivity contribution in [2.45, 2.75) is 26.2 Å². The summed E-state index contributed by atoms with van der Waals surface area (Å²) in [4.78, 5) is 42.5. The molecule has 2 fully saturated rings. The van der Waals surface area contributed by atoms with Crippen LogP contribution < -0.4 is 0 Å². The van der Waals surface area contributed by atoms with Crippen LogP contribution in [0.4, 0.5) is 0 Å². The van der Waals surface area contributed by atoms with E-state index in [0.29, 0.717) is 58.5 Å². The third-order valence-corrected chi connectivity index (χ3v) is 5.75. The summed E-state index contributed by atoms with van der Waals surface area (Å²) >= 11 is 0. The predicted octanol–water partition coefficient (Wildman–Crippen LogP) is 1.63. The predicted molar refractivity (Wildman–Crippen MR) is 108 cm³/mol. The molecular weight excluding hydrogens is 354 g/mol. The van der Waals surface area contributed by atoms with Gasteiger partial charge in [-0.3, -0.25) is 14.4 Å². The Morgan fingerprint density at radius 2 is 1.50 bits per heavy atom. The number of piperidine rings is 1. The Balaban J connectivity index is 1.45. The van der Waals surface area contributed by atoms with E-state index in [1.807, 2.05) is 41.0 Å². The van der Waals surface area contributed by atoms with Crippen LogP contribution in [-0.2, 0) is 20.8 Å². The van der Waals surface area contributed by atoms with Crippen LogP contribution >= 0.6 is 0 Å². The van der Waals surface area contributed by atoms with Crippen LogP contribution in [0.5, 0.6) is 0 Å². The highest BCUT2D eigenvalue weighted by molar-refractivity contribution is 5.87. The van der Waals surface area contributed by atoms with Crippen LogP contribution in [0.25, 0.3) is 0 Å². The molecule has 0 radical (unpaired) electrons. The molecule has 0 bridgehead atoms. The molecule has 28 heavy (non-hydrogen) atoms. The van der Waals surface area contributed by atoms with Crippen molar-refractivity contribution in [2.24, 2.45) is 5.92 Å². The zero-order chi connectivity index (χ0) is 20.1. The van der Waals surface area contributed by atoms with Crippen LogP contribution in [0.1, 0.15) is 24.0 Å². The van der Waals surface area contributed by atoms with Crippen molar-refractivity contribution in [1.82, 2.24) is 14.7 Å². The number of carbonyl (C=O) groups is 3. The summed E-state index contributed by atoms with van der Waals surface area (Å²) in [6.07, 6.45) is 3.13. The average Bonchev–Trinajstić information content (AvgIpc) is 2.74. The number of piperazine rings is 1. The first-order valence-electron chi connectivity index (χ1n) is 10.0. The molecule has 150 valence electrons. The number of aryl methyl sites for hydroxylation is 1. The lowest BCUT2D eigenvalue weighted by Gasteiger charge is -2.38. The molecule has 3 rings (SSSR count). The Kier molecular flexibility index (Phi) is 6.49. The molecule has 1 aromatic rings. The van der Waals surface area contributed by atoms with Gasteiger partial charge in [0.05, 0.1) is 6.42 Å². The quantitative estimate of drug-likeness (QED) is 0.743. The van der Waals surface area contributed by atoms with Gasteiger partial charge in [-0.05, 0) is 31.4 Å². The first-order valence-corrected chi connectivity index (χ1v) is 10.0. The van der Waals surface area contributed by atoms with Crippen molar-refractivity contribution in [3.8, 4) is 0 Å². The standard InChI is InChI=1S/C22H29N3O3/c1-3-20(26)23-10-8-19(9-11-23)22(28)25-14-12-24(13-15-25)21(27)16-18-6-4-17(2)5-7-18/h3-7,19H,1,8-16H2,2H3. The number of amides is 3. The van der Waals surface area contributed by atoms with Gasteiger partial charge in [-0.2, -0.15) is 0 Å².